The Morgan fingerprint density at radius 1 is 1.33 bits per heavy atom. The predicted molar refractivity (Wildman–Crippen MR) is 48.3 cm³/mol. The van der Waals surface area contributed by atoms with Gasteiger partial charge in [0, 0.05) is 0 Å². The van der Waals surface area contributed by atoms with Crippen LogP contribution in [0.3, 0.4) is 0 Å². The number of nitrogens with zero attached hydrogens (tertiary/aromatic N) is 2. The number of hydrogen-bond acceptors (Lipinski definition) is 3. The summed E-state index contributed by atoms with van der Waals surface area (Å²) in [5.41, 5.74) is 4.84. The molecule has 0 fully saturated rings. The van der Waals surface area contributed by atoms with Crippen LogP contribution >= 0.6 is 39.1 Å². The van der Waals surface area contributed by atoms with Crippen molar-refractivity contribution in [2.24, 2.45) is 5.73 Å². The van der Waals surface area contributed by atoms with Crippen molar-refractivity contribution in [3.05, 3.63) is 20.6 Å². The van der Waals surface area contributed by atoms with Crippen LogP contribution in [-0.4, -0.2) is 15.9 Å². The fourth-order valence-corrected chi connectivity index (χ4v) is 1.19. The van der Waals surface area contributed by atoms with E-state index in [1.54, 1.807) is 0 Å². The molecule has 0 spiro atoms. The molecule has 0 saturated carbocycles. The summed E-state index contributed by atoms with van der Waals surface area (Å²) in [6, 6.07) is 0. The van der Waals surface area contributed by atoms with Crippen LogP contribution in [0.25, 0.3) is 0 Å². The average molecular weight is 271 g/mol. The first kappa shape index (κ1) is 9.70. The third kappa shape index (κ3) is 1.85. The van der Waals surface area contributed by atoms with Crippen LogP contribution in [-0.2, 0) is 0 Å². The van der Waals surface area contributed by atoms with Crippen LogP contribution in [0.5, 0.6) is 0 Å². The van der Waals surface area contributed by atoms with E-state index in [-0.39, 0.29) is 20.6 Å². The van der Waals surface area contributed by atoms with Crippen LogP contribution in [0.4, 0.5) is 0 Å². The molecule has 1 aromatic heterocycles. The van der Waals surface area contributed by atoms with Gasteiger partial charge in [0.1, 0.15) is 4.60 Å². The van der Waals surface area contributed by atoms with Crippen molar-refractivity contribution in [1.29, 1.82) is 0 Å². The second-order valence-electron chi connectivity index (χ2n) is 1.81. The van der Waals surface area contributed by atoms with Crippen molar-refractivity contribution in [2.45, 2.75) is 0 Å². The molecule has 64 valence electrons. The summed E-state index contributed by atoms with van der Waals surface area (Å²) in [7, 11) is 0. The fourth-order valence-electron chi connectivity index (χ4n) is 0.532. The Hall–Kier alpha value is -0.390. The van der Waals surface area contributed by atoms with Gasteiger partial charge in [-0.25, -0.2) is 9.97 Å². The van der Waals surface area contributed by atoms with Crippen molar-refractivity contribution in [3.63, 3.8) is 0 Å². The minimum Gasteiger partial charge on any atom is -0.364 e. The highest BCUT2D eigenvalue weighted by molar-refractivity contribution is 9.10. The molecule has 0 unspecified atom stereocenters. The number of carbonyl (C=O) groups excluding carboxylic acids is 1. The Kier molecular flexibility index (Phi) is 2.87. The molecule has 4 nitrogen and oxygen atoms in total. The molecule has 1 aromatic rings. The molecule has 0 bridgehead atoms. The third-order valence-corrected chi connectivity index (χ3v) is 2.31. The molecular weight excluding hydrogens is 269 g/mol. The maximum Gasteiger partial charge on any atom is 0.270 e. The number of aromatic nitrogens is 2. The summed E-state index contributed by atoms with van der Waals surface area (Å²) in [4.78, 5) is 18.0. The van der Waals surface area contributed by atoms with Gasteiger partial charge in [-0.1, -0.05) is 23.2 Å². The highest BCUT2D eigenvalue weighted by Gasteiger charge is 2.13. The van der Waals surface area contributed by atoms with Gasteiger partial charge in [-0.15, -0.1) is 0 Å². The number of nitrogens with two attached hydrogens (primary N) is 1. The van der Waals surface area contributed by atoms with Crippen molar-refractivity contribution >= 4 is 45.0 Å². The normalized spacial score (nSPS) is 9.92. The molecule has 0 aliphatic rings. The van der Waals surface area contributed by atoms with E-state index in [4.69, 9.17) is 28.9 Å². The van der Waals surface area contributed by atoms with Gasteiger partial charge in [0.25, 0.3) is 5.91 Å². The zero-order valence-electron chi connectivity index (χ0n) is 5.51. The zero-order chi connectivity index (χ0) is 9.30. The highest BCUT2D eigenvalue weighted by Crippen LogP contribution is 2.21. The standard InChI is InChI=1S/C5H2BrCl2N3O/c6-2-4(8)11-3(7)1(10-2)5(9)12/h(H2,9,12). The van der Waals surface area contributed by atoms with Crippen LogP contribution < -0.4 is 5.73 Å². The number of carbonyl (C=O) groups is 1. The molecule has 0 aromatic carbocycles. The molecule has 2 N–H and O–H groups in total. The summed E-state index contributed by atoms with van der Waals surface area (Å²) in [5, 5.41) is -0.0132. The van der Waals surface area contributed by atoms with E-state index in [1.165, 1.54) is 0 Å². The van der Waals surface area contributed by atoms with E-state index < -0.39 is 5.91 Å². The second-order valence-corrected chi connectivity index (χ2v) is 3.28. The lowest BCUT2D eigenvalue weighted by molar-refractivity contribution is 0.0995. The van der Waals surface area contributed by atoms with E-state index in [2.05, 4.69) is 25.9 Å². The van der Waals surface area contributed by atoms with Gasteiger partial charge in [-0.2, -0.15) is 0 Å². The molecule has 1 heterocycles. The van der Waals surface area contributed by atoms with Gasteiger partial charge in [0.15, 0.2) is 16.0 Å². The van der Waals surface area contributed by atoms with Crippen molar-refractivity contribution < 1.29 is 4.79 Å². The van der Waals surface area contributed by atoms with Gasteiger partial charge in [-0.05, 0) is 15.9 Å². The lowest BCUT2D eigenvalue weighted by atomic mass is 10.4. The number of amides is 1. The van der Waals surface area contributed by atoms with Gasteiger partial charge in [0.05, 0.1) is 0 Å². The molecule has 0 atom stereocenters. The molecule has 7 heteroatoms. The van der Waals surface area contributed by atoms with Gasteiger partial charge >= 0.3 is 0 Å². The SMILES string of the molecule is NC(=O)c1nc(Br)c(Cl)nc1Cl. The smallest absolute Gasteiger partial charge is 0.270 e. The number of halogens is 3. The monoisotopic (exact) mass is 269 g/mol. The first-order valence-electron chi connectivity index (χ1n) is 2.70. The summed E-state index contributed by atoms with van der Waals surface area (Å²) < 4.78 is 0.238. The van der Waals surface area contributed by atoms with Gasteiger partial charge < -0.3 is 5.73 Å². The van der Waals surface area contributed by atoms with Crippen molar-refractivity contribution in [1.82, 2.24) is 9.97 Å². The third-order valence-electron chi connectivity index (χ3n) is 1.01. The fraction of sp³-hybridized carbons (Fsp3) is 0. The molecule has 0 saturated heterocycles. The Morgan fingerprint density at radius 2 is 1.92 bits per heavy atom. The lowest BCUT2D eigenvalue weighted by Gasteiger charge is -1.99. The number of rotatable bonds is 1. The predicted octanol–water partition coefficient (Wildman–Crippen LogP) is 1.64. The van der Waals surface area contributed by atoms with Crippen LogP contribution in [0.15, 0.2) is 4.60 Å². The van der Waals surface area contributed by atoms with Crippen molar-refractivity contribution in [3.8, 4) is 0 Å². The first-order chi connectivity index (χ1) is 5.52. The zero-order valence-corrected chi connectivity index (χ0v) is 8.61. The summed E-state index contributed by atoms with van der Waals surface area (Å²) in [6.45, 7) is 0. The Balaban J connectivity index is 3.33. The summed E-state index contributed by atoms with van der Waals surface area (Å²) in [5.74, 6) is -0.745. The largest absolute Gasteiger partial charge is 0.364 e. The Morgan fingerprint density at radius 3 is 2.42 bits per heavy atom. The lowest BCUT2D eigenvalue weighted by Crippen LogP contribution is -2.14. The van der Waals surface area contributed by atoms with Crippen LogP contribution in [0.2, 0.25) is 10.3 Å². The topological polar surface area (TPSA) is 68.9 Å². The molecule has 1 rings (SSSR count). The molecule has 1 amide bonds. The quantitative estimate of drug-likeness (QED) is 0.844. The molecule has 0 aliphatic carbocycles. The average Bonchev–Trinajstić information content (AvgIpc) is 1.96. The van der Waals surface area contributed by atoms with E-state index in [0.717, 1.165) is 0 Å². The molecule has 12 heavy (non-hydrogen) atoms. The van der Waals surface area contributed by atoms with Crippen molar-refractivity contribution in [2.75, 3.05) is 0 Å². The summed E-state index contributed by atoms with van der Waals surface area (Å²) in [6.07, 6.45) is 0. The first-order valence-corrected chi connectivity index (χ1v) is 4.25. The molecule has 0 radical (unpaired) electrons. The number of primary amides is 1. The highest BCUT2D eigenvalue weighted by atomic mass is 79.9. The molecule has 0 aliphatic heterocycles. The summed E-state index contributed by atoms with van der Waals surface area (Å²) >= 11 is 14.0. The van der Waals surface area contributed by atoms with E-state index in [9.17, 15) is 4.79 Å². The maximum absolute atomic E-state index is 10.7. The Bertz CT molecular complexity index is 344. The minimum absolute atomic E-state index is 0.0880. The van der Waals surface area contributed by atoms with Gasteiger partial charge in [-0.3, -0.25) is 4.79 Å². The Labute approximate surface area is 86.2 Å². The van der Waals surface area contributed by atoms with Crippen LogP contribution in [0, 0.1) is 0 Å². The van der Waals surface area contributed by atoms with E-state index in [0.29, 0.717) is 0 Å². The van der Waals surface area contributed by atoms with E-state index in [1.807, 2.05) is 0 Å². The second kappa shape index (κ2) is 3.55. The van der Waals surface area contributed by atoms with Gasteiger partial charge in [0.2, 0.25) is 0 Å². The molecular formula is C5H2BrCl2N3O. The van der Waals surface area contributed by atoms with E-state index >= 15 is 0 Å². The minimum atomic E-state index is -0.745. The van der Waals surface area contributed by atoms with Crippen LogP contribution in [0.1, 0.15) is 10.5 Å². The maximum atomic E-state index is 10.7. The number of hydrogen-bond donors (Lipinski definition) is 1.